The van der Waals surface area contributed by atoms with Crippen LogP contribution < -0.4 is 5.32 Å². The van der Waals surface area contributed by atoms with E-state index >= 15 is 0 Å². The third-order valence-electron chi connectivity index (χ3n) is 3.63. The van der Waals surface area contributed by atoms with Crippen molar-refractivity contribution < 1.29 is 9.90 Å². The van der Waals surface area contributed by atoms with E-state index in [2.05, 4.69) is 11.9 Å². The van der Waals surface area contributed by atoms with Crippen molar-refractivity contribution in [3.8, 4) is 0 Å². The molecular formula is C15H19NO2. The number of carboxylic acids is 1. The summed E-state index contributed by atoms with van der Waals surface area (Å²) in [6, 6.07) is 7.94. The summed E-state index contributed by atoms with van der Waals surface area (Å²) in [5.74, 6) is -0.734. The number of hydrogen-bond donors (Lipinski definition) is 2. The van der Waals surface area contributed by atoms with Crippen LogP contribution >= 0.6 is 0 Å². The number of hydrogen-bond acceptors (Lipinski definition) is 2. The van der Waals surface area contributed by atoms with Crippen LogP contribution in [0.15, 0.2) is 30.8 Å². The van der Waals surface area contributed by atoms with Crippen LogP contribution in [0.25, 0.3) is 6.08 Å². The molecule has 0 bridgehead atoms. The molecule has 0 aromatic heterocycles. The largest absolute Gasteiger partial charge is 0.481 e. The Morgan fingerprint density at radius 1 is 1.61 bits per heavy atom. The van der Waals surface area contributed by atoms with Gasteiger partial charge in [0, 0.05) is 0 Å². The van der Waals surface area contributed by atoms with Crippen molar-refractivity contribution in [1.82, 2.24) is 5.32 Å². The van der Waals surface area contributed by atoms with Crippen molar-refractivity contribution in [3.05, 3.63) is 42.0 Å². The highest BCUT2D eigenvalue weighted by molar-refractivity contribution is 5.71. The van der Waals surface area contributed by atoms with Gasteiger partial charge in [-0.15, -0.1) is 0 Å². The minimum atomic E-state index is -0.687. The molecule has 0 amide bonds. The molecule has 1 unspecified atom stereocenters. The lowest BCUT2D eigenvalue weighted by Crippen LogP contribution is -2.27. The molecule has 1 heterocycles. The van der Waals surface area contributed by atoms with Crippen molar-refractivity contribution in [1.29, 1.82) is 0 Å². The molecule has 1 aromatic carbocycles. The second-order valence-corrected chi connectivity index (χ2v) is 4.85. The van der Waals surface area contributed by atoms with Crippen molar-refractivity contribution in [3.63, 3.8) is 0 Å². The SMILES string of the molecule is C=Cc1cccc(CC(C(=O)O)[C@H]2CCNC2)c1. The first kappa shape index (κ1) is 12.8. The highest BCUT2D eigenvalue weighted by atomic mass is 16.4. The van der Waals surface area contributed by atoms with Crippen LogP contribution in [-0.2, 0) is 11.2 Å². The van der Waals surface area contributed by atoms with E-state index in [1.54, 1.807) is 6.08 Å². The molecular weight excluding hydrogens is 226 g/mol. The number of aliphatic carboxylic acids is 1. The lowest BCUT2D eigenvalue weighted by atomic mass is 9.86. The molecule has 2 rings (SSSR count). The lowest BCUT2D eigenvalue weighted by Gasteiger charge is -2.18. The summed E-state index contributed by atoms with van der Waals surface area (Å²) in [5.41, 5.74) is 2.12. The zero-order valence-corrected chi connectivity index (χ0v) is 10.4. The Hall–Kier alpha value is -1.61. The minimum Gasteiger partial charge on any atom is -0.481 e. The molecule has 2 N–H and O–H groups in total. The van der Waals surface area contributed by atoms with Gasteiger partial charge in [0.1, 0.15) is 0 Å². The van der Waals surface area contributed by atoms with E-state index in [4.69, 9.17) is 0 Å². The van der Waals surface area contributed by atoms with Crippen molar-refractivity contribution in [2.24, 2.45) is 11.8 Å². The number of benzene rings is 1. The number of rotatable bonds is 5. The first-order valence-electron chi connectivity index (χ1n) is 6.35. The fraction of sp³-hybridized carbons (Fsp3) is 0.400. The second-order valence-electron chi connectivity index (χ2n) is 4.85. The average Bonchev–Trinajstić information content (AvgIpc) is 2.89. The number of carbonyl (C=O) groups is 1. The van der Waals surface area contributed by atoms with Crippen LogP contribution in [0.3, 0.4) is 0 Å². The lowest BCUT2D eigenvalue weighted by molar-refractivity contribution is -0.143. The summed E-state index contributed by atoms with van der Waals surface area (Å²) in [4.78, 5) is 11.4. The Morgan fingerprint density at radius 2 is 2.44 bits per heavy atom. The minimum absolute atomic E-state index is 0.245. The second kappa shape index (κ2) is 5.83. The van der Waals surface area contributed by atoms with Gasteiger partial charge in [0.2, 0.25) is 0 Å². The average molecular weight is 245 g/mol. The molecule has 18 heavy (non-hydrogen) atoms. The summed E-state index contributed by atoms with van der Waals surface area (Å²) in [6.07, 6.45) is 3.35. The molecule has 3 nitrogen and oxygen atoms in total. The quantitative estimate of drug-likeness (QED) is 0.836. The van der Waals surface area contributed by atoms with E-state index in [1.165, 1.54) is 0 Å². The van der Waals surface area contributed by atoms with E-state index in [0.717, 1.165) is 30.6 Å². The van der Waals surface area contributed by atoms with Crippen LogP contribution in [-0.4, -0.2) is 24.2 Å². The maximum atomic E-state index is 11.4. The zero-order chi connectivity index (χ0) is 13.0. The predicted octanol–water partition coefficient (Wildman–Crippen LogP) is 2.18. The van der Waals surface area contributed by atoms with Crippen LogP contribution in [0.4, 0.5) is 0 Å². The number of carboxylic acid groups (broad SMARTS) is 1. The van der Waals surface area contributed by atoms with Gasteiger partial charge in [0.15, 0.2) is 0 Å². The van der Waals surface area contributed by atoms with Crippen LogP contribution in [0, 0.1) is 11.8 Å². The Balaban J connectivity index is 2.12. The highest BCUT2D eigenvalue weighted by Gasteiger charge is 2.30. The van der Waals surface area contributed by atoms with Gasteiger partial charge < -0.3 is 10.4 Å². The maximum Gasteiger partial charge on any atom is 0.307 e. The monoisotopic (exact) mass is 245 g/mol. The first-order valence-corrected chi connectivity index (χ1v) is 6.35. The summed E-state index contributed by atoms with van der Waals surface area (Å²) in [6.45, 7) is 5.49. The van der Waals surface area contributed by atoms with E-state index in [0.29, 0.717) is 6.42 Å². The molecule has 96 valence electrons. The molecule has 3 heteroatoms. The third kappa shape index (κ3) is 2.99. The van der Waals surface area contributed by atoms with Gasteiger partial charge in [-0.3, -0.25) is 4.79 Å². The van der Waals surface area contributed by atoms with Crippen molar-refractivity contribution >= 4 is 12.0 Å². The molecule has 0 saturated carbocycles. The van der Waals surface area contributed by atoms with E-state index in [9.17, 15) is 9.90 Å². The third-order valence-corrected chi connectivity index (χ3v) is 3.63. The number of nitrogens with one attached hydrogen (secondary N) is 1. The van der Waals surface area contributed by atoms with Gasteiger partial charge in [0.05, 0.1) is 5.92 Å². The Morgan fingerprint density at radius 3 is 3.06 bits per heavy atom. The Bertz CT molecular complexity index is 436. The van der Waals surface area contributed by atoms with Gasteiger partial charge in [-0.05, 0) is 43.0 Å². The highest BCUT2D eigenvalue weighted by Crippen LogP contribution is 2.24. The van der Waals surface area contributed by atoms with Gasteiger partial charge in [0.25, 0.3) is 0 Å². The van der Waals surface area contributed by atoms with Crippen molar-refractivity contribution in [2.75, 3.05) is 13.1 Å². The van der Waals surface area contributed by atoms with E-state index < -0.39 is 5.97 Å². The Kier molecular flexibility index (Phi) is 4.15. The summed E-state index contributed by atoms with van der Waals surface area (Å²) >= 11 is 0. The van der Waals surface area contributed by atoms with E-state index in [1.807, 2.05) is 24.3 Å². The normalized spacial score (nSPS) is 20.6. The predicted molar refractivity (Wildman–Crippen MR) is 72.3 cm³/mol. The van der Waals surface area contributed by atoms with Gasteiger partial charge in [-0.25, -0.2) is 0 Å². The van der Waals surface area contributed by atoms with Crippen LogP contribution in [0.2, 0.25) is 0 Å². The smallest absolute Gasteiger partial charge is 0.307 e. The van der Waals surface area contributed by atoms with Crippen molar-refractivity contribution in [2.45, 2.75) is 12.8 Å². The summed E-state index contributed by atoms with van der Waals surface area (Å²) < 4.78 is 0. The molecule has 1 fully saturated rings. The molecule has 1 aliphatic heterocycles. The Labute approximate surface area is 108 Å². The van der Waals surface area contributed by atoms with Gasteiger partial charge >= 0.3 is 5.97 Å². The summed E-state index contributed by atoms with van der Waals surface area (Å²) in [5, 5.41) is 12.6. The fourth-order valence-electron chi connectivity index (χ4n) is 2.58. The molecule has 2 atom stereocenters. The van der Waals surface area contributed by atoms with E-state index in [-0.39, 0.29) is 11.8 Å². The zero-order valence-electron chi connectivity index (χ0n) is 10.4. The van der Waals surface area contributed by atoms with Gasteiger partial charge in [-0.2, -0.15) is 0 Å². The summed E-state index contributed by atoms with van der Waals surface area (Å²) in [7, 11) is 0. The standard InChI is InChI=1S/C15H19NO2/c1-2-11-4-3-5-12(8-11)9-14(15(17)18)13-6-7-16-10-13/h2-5,8,13-14,16H,1,6-7,9-10H2,(H,17,18)/t13-,14?/m0/s1. The van der Waals surface area contributed by atoms with Crippen LogP contribution in [0.5, 0.6) is 0 Å². The molecule has 1 saturated heterocycles. The molecule has 0 aliphatic carbocycles. The van der Waals surface area contributed by atoms with Gasteiger partial charge in [-0.1, -0.05) is 36.9 Å². The maximum absolute atomic E-state index is 11.4. The molecule has 1 aliphatic rings. The first-order chi connectivity index (χ1) is 8.70. The topological polar surface area (TPSA) is 49.3 Å². The molecule has 0 radical (unpaired) electrons. The van der Waals surface area contributed by atoms with Crippen LogP contribution in [0.1, 0.15) is 17.5 Å². The fourth-order valence-corrected chi connectivity index (χ4v) is 2.58. The molecule has 1 aromatic rings. The molecule has 0 spiro atoms.